The average molecular weight is 612 g/mol. The van der Waals surface area contributed by atoms with Crippen molar-refractivity contribution in [1.29, 1.82) is 0 Å². The minimum Gasteiger partial charge on any atom is -0.359 e. The van der Waals surface area contributed by atoms with Gasteiger partial charge in [0.05, 0.1) is 0 Å². The van der Waals surface area contributed by atoms with Crippen molar-refractivity contribution in [3.63, 3.8) is 0 Å². The van der Waals surface area contributed by atoms with Crippen molar-refractivity contribution >= 4 is 11.4 Å². The van der Waals surface area contributed by atoms with E-state index in [0.717, 1.165) is 47.0 Å². The number of hydrogen-bond acceptors (Lipinski definition) is 3. The summed E-state index contributed by atoms with van der Waals surface area (Å²) in [5.41, 5.74) is 11.6. The Morgan fingerprint density at radius 1 is 0.978 bits per heavy atom. The molecule has 3 nitrogen and oxygen atoms in total. The second kappa shape index (κ2) is 17.6. The number of hydrogen-bond donors (Lipinski definition) is 1. The number of pyridine rings is 1. The van der Waals surface area contributed by atoms with E-state index in [1.54, 1.807) is 5.56 Å². The van der Waals surface area contributed by atoms with Crippen LogP contribution in [0.1, 0.15) is 137 Å². The second-order valence-electron chi connectivity index (χ2n) is 13.8. The van der Waals surface area contributed by atoms with Crippen LogP contribution in [-0.2, 0) is 17.3 Å². The van der Waals surface area contributed by atoms with E-state index in [2.05, 4.69) is 99.9 Å². The van der Waals surface area contributed by atoms with E-state index in [4.69, 9.17) is 0 Å². The Morgan fingerprint density at radius 3 is 2.04 bits per heavy atom. The molecule has 5 rings (SSSR count). The van der Waals surface area contributed by atoms with Crippen LogP contribution in [0.3, 0.4) is 0 Å². The molecular formula is C42H65N3. The van der Waals surface area contributed by atoms with Crippen molar-refractivity contribution in [1.82, 2.24) is 4.98 Å². The molecule has 1 aromatic carbocycles. The second-order valence-corrected chi connectivity index (χ2v) is 13.8. The third-order valence-corrected chi connectivity index (χ3v) is 9.23. The number of likely N-dealkylation sites (N-methyl/N-ethyl adjacent to an activating group) is 1. The van der Waals surface area contributed by atoms with Gasteiger partial charge in [0.25, 0.3) is 0 Å². The molecule has 2 aromatic rings. The van der Waals surface area contributed by atoms with Crippen molar-refractivity contribution in [2.24, 2.45) is 5.92 Å². The van der Waals surface area contributed by atoms with Crippen LogP contribution in [0.15, 0.2) is 84.9 Å². The number of allylic oxidation sites excluding steroid dienone is 3. The summed E-state index contributed by atoms with van der Waals surface area (Å²) in [5, 5.41) is 3.45. The highest BCUT2D eigenvalue weighted by Gasteiger charge is 2.41. The Labute approximate surface area is 278 Å². The maximum absolute atomic E-state index is 4.53. The Balaban J connectivity index is 0.000000265. The molecule has 3 saturated carbocycles. The molecule has 3 heteroatoms. The first-order valence-electron chi connectivity index (χ1n) is 17.7. The Kier molecular flexibility index (Phi) is 14.9. The Bertz CT molecular complexity index is 1300. The number of nitrogens with one attached hydrogen (secondary N) is 1. The largest absolute Gasteiger partial charge is 0.359 e. The van der Waals surface area contributed by atoms with Gasteiger partial charge >= 0.3 is 0 Å². The van der Waals surface area contributed by atoms with Crippen LogP contribution < -0.4 is 10.2 Å². The summed E-state index contributed by atoms with van der Waals surface area (Å²) in [6, 6.07) is 11.1. The molecule has 45 heavy (non-hydrogen) atoms. The van der Waals surface area contributed by atoms with Gasteiger partial charge in [0, 0.05) is 47.1 Å². The van der Waals surface area contributed by atoms with Crippen molar-refractivity contribution < 1.29 is 0 Å². The van der Waals surface area contributed by atoms with E-state index in [9.17, 15) is 0 Å². The van der Waals surface area contributed by atoms with Crippen molar-refractivity contribution in [3.05, 3.63) is 102 Å². The number of nitrogens with zero attached hydrogens (tertiary/aromatic N) is 2. The van der Waals surface area contributed by atoms with Gasteiger partial charge in [-0.1, -0.05) is 106 Å². The van der Waals surface area contributed by atoms with Gasteiger partial charge in [0.1, 0.15) is 0 Å². The summed E-state index contributed by atoms with van der Waals surface area (Å²) >= 11 is 0. The number of rotatable bonds is 12. The summed E-state index contributed by atoms with van der Waals surface area (Å²) in [7, 11) is 2.04. The van der Waals surface area contributed by atoms with Gasteiger partial charge in [0.15, 0.2) is 0 Å². The van der Waals surface area contributed by atoms with E-state index in [1.807, 2.05) is 47.0 Å². The lowest BCUT2D eigenvalue weighted by Crippen LogP contribution is -2.18. The summed E-state index contributed by atoms with van der Waals surface area (Å²) in [5.74, 6) is 1.08. The van der Waals surface area contributed by atoms with E-state index in [0.29, 0.717) is 5.41 Å². The fraction of sp³-hybridized carbons (Fsp3) is 0.548. The smallest absolute Gasteiger partial charge is 0.0483 e. The van der Waals surface area contributed by atoms with Crippen LogP contribution in [0.5, 0.6) is 0 Å². The molecule has 1 aromatic heterocycles. The number of benzene rings is 1. The summed E-state index contributed by atoms with van der Waals surface area (Å²) in [6.07, 6.45) is 16.7. The number of aryl methyl sites for hydroxylation is 1. The van der Waals surface area contributed by atoms with Crippen LogP contribution in [-0.4, -0.2) is 12.0 Å². The molecule has 0 bridgehead atoms. The van der Waals surface area contributed by atoms with E-state index < -0.39 is 0 Å². The Morgan fingerprint density at radius 2 is 1.58 bits per heavy atom. The molecule has 0 atom stereocenters. The zero-order valence-corrected chi connectivity index (χ0v) is 30.7. The predicted octanol–water partition coefficient (Wildman–Crippen LogP) is 12.5. The molecule has 3 aliphatic rings. The van der Waals surface area contributed by atoms with Crippen molar-refractivity contribution in [2.45, 2.75) is 137 Å². The highest BCUT2D eigenvalue weighted by Crippen LogP contribution is 2.49. The fourth-order valence-electron chi connectivity index (χ4n) is 5.33. The van der Waals surface area contributed by atoms with Gasteiger partial charge in [-0.25, -0.2) is 0 Å². The van der Waals surface area contributed by atoms with Gasteiger partial charge in [-0.3, -0.25) is 4.98 Å². The maximum atomic E-state index is 4.53. The molecule has 0 unspecified atom stereocenters. The minimum atomic E-state index is 0.288. The molecule has 0 spiro atoms. The average Bonchev–Trinajstić information content (AvgIpc) is 3.95. The monoisotopic (exact) mass is 612 g/mol. The van der Waals surface area contributed by atoms with E-state index in [1.165, 1.54) is 68.3 Å². The molecule has 0 saturated heterocycles. The molecule has 0 aliphatic heterocycles. The minimum absolute atomic E-state index is 0.288. The zero-order valence-electron chi connectivity index (χ0n) is 30.7. The van der Waals surface area contributed by atoms with Gasteiger partial charge in [-0.2, -0.15) is 0 Å². The molecule has 1 heterocycles. The van der Waals surface area contributed by atoms with E-state index >= 15 is 0 Å². The maximum Gasteiger partial charge on any atom is 0.0483 e. The van der Waals surface area contributed by atoms with E-state index in [-0.39, 0.29) is 5.41 Å². The first kappa shape index (κ1) is 38.1. The highest BCUT2D eigenvalue weighted by atomic mass is 15.1. The summed E-state index contributed by atoms with van der Waals surface area (Å²) < 4.78 is 0. The van der Waals surface area contributed by atoms with Gasteiger partial charge < -0.3 is 10.2 Å². The van der Waals surface area contributed by atoms with Crippen LogP contribution >= 0.6 is 0 Å². The molecule has 0 amide bonds. The highest BCUT2D eigenvalue weighted by molar-refractivity contribution is 5.59. The third-order valence-electron chi connectivity index (χ3n) is 9.23. The molecule has 3 aliphatic carbocycles. The van der Waals surface area contributed by atoms with Crippen LogP contribution in [0.4, 0.5) is 11.4 Å². The van der Waals surface area contributed by atoms with Crippen LogP contribution in [0.2, 0.25) is 0 Å². The van der Waals surface area contributed by atoms with Crippen molar-refractivity contribution in [2.75, 3.05) is 17.3 Å². The zero-order chi connectivity index (χ0) is 33.8. The van der Waals surface area contributed by atoms with Crippen molar-refractivity contribution in [3.8, 4) is 0 Å². The van der Waals surface area contributed by atoms with Gasteiger partial charge in [-0.15, -0.1) is 0 Å². The molecular weight excluding hydrogens is 546 g/mol. The summed E-state index contributed by atoms with van der Waals surface area (Å²) in [4.78, 5) is 6.64. The standard InChI is InChI=1S/C18H24N2.C18H27N.C4H8.C2H6/c1-7-16(13(2)3)14(4)20(6)15-8-11-19-17(12-15)18(5)9-10-18;1-5-7-14(3)19-16-9-10-17(18(4)11-12-18)15(13-16)8-6-2;1-4-2-3-4;1-2/h7-8,11-12H,2,4,9-10H2,1,3,5-6H3;9-10,13,19H,3,5-8,11-12H2,1-2,4H3;4H,2-3H2,1H3;1-2H3/b16-7-;;;. The molecule has 1 N–H and O–H groups in total. The molecule has 248 valence electrons. The van der Waals surface area contributed by atoms with Gasteiger partial charge in [0.2, 0.25) is 0 Å². The van der Waals surface area contributed by atoms with Crippen LogP contribution in [0, 0.1) is 5.92 Å². The topological polar surface area (TPSA) is 28.2 Å². The first-order chi connectivity index (χ1) is 21.4. The lowest BCUT2D eigenvalue weighted by Gasteiger charge is -2.25. The van der Waals surface area contributed by atoms with Crippen LogP contribution in [0.25, 0.3) is 0 Å². The lowest BCUT2D eigenvalue weighted by atomic mass is 9.90. The number of aromatic nitrogens is 1. The lowest BCUT2D eigenvalue weighted by molar-refractivity contribution is 0.749. The van der Waals surface area contributed by atoms with Gasteiger partial charge in [-0.05, 0) is 110 Å². The SMILES string of the molecule is C=C(C)/C(=C/C)C(=C)N(C)c1ccnc(C2(C)CC2)c1.C=C(CCC)Nc1ccc(C2(C)CC2)c(CCC)c1.CC.CC1CC1. The predicted molar refractivity (Wildman–Crippen MR) is 201 cm³/mol. The quantitative estimate of drug-likeness (QED) is 0.242. The summed E-state index contributed by atoms with van der Waals surface area (Å²) in [6.45, 7) is 31.7. The fourth-order valence-corrected chi connectivity index (χ4v) is 5.33. The Hall–Kier alpha value is -3.07. The molecule has 0 radical (unpaired) electrons. The molecule has 3 fully saturated rings. The normalized spacial score (nSPS) is 16.7. The first-order valence-corrected chi connectivity index (χ1v) is 17.7. The number of anilines is 2. The third kappa shape index (κ3) is 11.7.